The van der Waals surface area contributed by atoms with Crippen LogP contribution < -0.4 is 5.32 Å². The van der Waals surface area contributed by atoms with Crippen LogP contribution in [0.1, 0.15) is 62.8 Å². The van der Waals surface area contributed by atoms with E-state index in [1.165, 1.54) is 0 Å². The summed E-state index contributed by atoms with van der Waals surface area (Å²) < 4.78 is 3.90. The predicted octanol–water partition coefficient (Wildman–Crippen LogP) is 2.36. The van der Waals surface area contributed by atoms with Gasteiger partial charge in [0.25, 0.3) is 5.91 Å². The lowest BCUT2D eigenvalue weighted by Gasteiger charge is -2.29. The molecular weight excluding hydrogens is 274 g/mol. The molecule has 6 heteroatoms. The molecule has 5 nitrogen and oxygen atoms in total. The summed E-state index contributed by atoms with van der Waals surface area (Å²) in [5.74, 6) is -0.148. The van der Waals surface area contributed by atoms with E-state index in [1.807, 2.05) is 34.6 Å². The van der Waals surface area contributed by atoms with E-state index in [0.717, 1.165) is 30.1 Å². The minimum Gasteiger partial charge on any atom is -0.396 e. The predicted molar refractivity (Wildman–Crippen MR) is 81.0 cm³/mol. The number of carbonyl (C=O) groups is 1. The maximum atomic E-state index is 12.3. The number of nitrogens with zero attached hydrogens (tertiary/aromatic N) is 2. The van der Waals surface area contributed by atoms with E-state index < -0.39 is 0 Å². The van der Waals surface area contributed by atoms with E-state index in [-0.39, 0.29) is 23.3 Å². The molecule has 0 fully saturated rings. The lowest BCUT2D eigenvalue weighted by atomic mass is 9.83. The highest BCUT2D eigenvalue weighted by molar-refractivity contribution is 7.08. The molecule has 0 spiro atoms. The first-order valence-electron chi connectivity index (χ1n) is 7.01. The highest BCUT2D eigenvalue weighted by Gasteiger charge is 2.29. The summed E-state index contributed by atoms with van der Waals surface area (Å²) in [6.45, 7) is 10.6. The number of hydrogen-bond donors (Lipinski definition) is 2. The smallest absolute Gasteiger partial charge is 0.264 e. The fraction of sp³-hybridized carbons (Fsp3) is 0.786. The Morgan fingerprint density at radius 2 is 1.90 bits per heavy atom. The second-order valence-electron chi connectivity index (χ2n) is 6.25. The molecule has 1 rings (SSSR count). The first-order chi connectivity index (χ1) is 9.29. The SMILES string of the molecule is CCC(CC)(CO)CNC(=O)c1snnc1C(C)(C)C. The molecule has 20 heavy (non-hydrogen) atoms. The molecule has 0 saturated carbocycles. The fourth-order valence-electron chi connectivity index (χ4n) is 1.96. The third kappa shape index (κ3) is 3.76. The third-order valence-corrected chi connectivity index (χ3v) is 4.59. The van der Waals surface area contributed by atoms with Gasteiger partial charge < -0.3 is 10.4 Å². The van der Waals surface area contributed by atoms with Crippen molar-refractivity contribution in [3.8, 4) is 0 Å². The van der Waals surface area contributed by atoms with Crippen molar-refractivity contribution < 1.29 is 9.90 Å². The van der Waals surface area contributed by atoms with Crippen molar-refractivity contribution in [2.24, 2.45) is 5.41 Å². The molecule has 0 atom stereocenters. The van der Waals surface area contributed by atoms with E-state index in [2.05, 4.69) is 14.9 Å². The molecule has 0 unspecified atom stereocenters. The average molecular weight is 299 g/mol. The maximum Gasteiger partial charge on any atom is 0.264 e. The van der Waals surface area contributed by atoms with Crippen LogP contribution in [0.5, 0.6) is 0 Å². The molecule has 1 heterocycles. The van der Waals surface area contributed by atoms with Gasteiger partial charge in [0.15, 0.2) is 0 Å². The highest BCUT2D eigenvalue weighted by atomic mass is 32.1. The zero-order valence-electron chi connectivity index (χ0n) is 13.0. The maximum absolute atomic E-state index is 12.3. The molecule has 0 aliphatic carbocycles. The molecule has 1 amide bonds. The number of aliphatic hydroxyl groups is 1. The number of aromatic nitrogens is 2. The summed E-state index contributed by atoms with van der Waals surface area (Å²) in [6, 6.07) is 0. The lowest BCUT2D eigenvalue weighted by molar-refractivity contribution is 0.0852. The molecule has 0 saturated heterocycles. The van der Waals surface area contributed by atoms with Gasteiger partial charge in [0.05, 0.1) is 12.3 Å². The van der Waals surface area contributed by atoms with Gasteiger partial charge in [-0.05, 0) is 24.4 Å². The van der Waals surface area contributed by atoms with Gasteiger partial charge in [0, 0.05) is 17.4 Å². The van der Waals surface area contributed by atoms with Gasteiger partial charge in [0.2, 0.25) is 0 Å². The Balaban J connectivity index is 2.81. The van der Waals surface area contributed by atoms with Crippen molar-refractivity contribution in [1.82, 2.24) is 14.9 Å². The molecule has 0 bridgehead atoms. The van der Waals surface area contributed by atoms with Crippen LogP contribution >= 0.6 is 11.5 Å². The van der Waals surface area contributed by atoms with Crippen LogP contribution in [0.2, 0.25) is 0 Å². The van der Waals surface area contributed by atoms with Gasteiger partial charge in [-0.1, -0.05) is 39.1 Å². The van der Waals surface area contributed by atoms with E-state index in [4.69, 9.17) is 0 Å². The Morgan fingerprint density at radius 1 is 1.30 bits per heavy atom. The van der Waals surface area contributed by atoms with Crippen molar-refractivity contribution >= 4 is 17.4 Å². The van der Waals surface area contributed by atoms with Crippen molar-refractivity contribution in [2.45, 2.75) is 52.9 Å². The summed E-state index contributed by atoms with van der Waals surface area (Å²) in [5.41, 5.74) is 0.279. The van der Waals surface area contributed by atoms with E-state index in [1.54, 1.807) is 0 Å². The minimum atomic E-state index is -0.240. The zero-order valence-corrected chi connectivity index (χ0v) is 13.8. The quantitative estimate of drug-likeness (QED) is 0.845. The number of hydrogen-bond acceptors (Lipinski definition) is 5. The van der Waals surface area contributed by atoms with E-state index in [0.29, 0.717) is 11.4 Å². The van der Waals surface area contributed by atoms with Crippen LogP contribution in [0.3, 0.4) is 0 Å². The molecule has 0 aliphatic heterocycles. The van der Waals surface area contributed by atoms with Crippen molar-refractivity contribution in [3.63, 3.8) is 0 Å². The number of aliphatic hydroxyl groups excluding tert-OH is 1. The standard InChI is InChI=1S/C14H25N3O2S/c1-6-14(7-2,9-18)8-15-12(19)10-11(13(3,4)5)16-17-20-10/h18H,6-9H2,1-5H3,(H,15,19). The Kier molecular flexibility index (Phi) is 5.65. The molecule has 0 aliphatic rings. The van der Waals surface area contributed by atoms with Gasteiger partial charge in [-0.2, -0.15) is 0 Å². The number of carbonyl (C=O) groups excluding carboxylic acids is 1. The summed E-state index contributed by atoms with van der Waals surface area (Å²) >= 11 is 1.12. The molecule has 114 valence electrons. The molecule has 0 radical (unpaired) electrons. The Morgan fingerprint density at radius 3 is 2.35 bits per heavy atom. The Bertz CT molecular complexity index is 439. The third-order valence-electron chi connectivity index (χ3n) is 3.86. The van der Waals surface area contributed by atoms with Crippen LogP contribution in [-0.4, -0.2) is 33.8 Å². The largest absolute Gasteiger partial charge is 0.396 e. The van der Waals surface area contributed by atoms with Crippen molar-refractivity contribution in [2.75, 3.05) is 13.2 Å². The highest BCUT2D eigenvalue weighted by Crippen LogP contribution is 2.27. The van der Waals surface area contributed by atoms with Gasteiger partial charge in [-0.15, -0.1) is 5.10 Å². The Hall–Kier alpha value is -1.01. The van der Waals surface area contributed by atoms with Crippen molar-refractivity contribution in [1.29, 1.82) is 0 Å². The topological polar surface area (TPSA) is 75.1 Å². The number of nitrogens with one attached hydrogen (secondary N) is 1. The van der Waals surface area contributed by atoms with Crippen LogP contribution in [0, 0.1) is 5.41 Å². The van der Waals surface area contributed by atoms with Crippen molar-refractivity contribution in [3.05, 3.63) is 10.6 Å². The van der Waals surface area contributed by atoms with Gasteiger partial charge in [0.1, 0.15) is 4.88 Å². The fourth-order valence-corrected chi connectivity index (χ4v) is 2.75. The zero-order chi connectivity index (χ0) is 15.4. The van der Waals surface area contributed by atoms with Crippen LogP contribution in [0.15, 0.2) is 0 Å². The average Bonchev–Trinajstić information content (AvgIpc) is 2.90. The first kappa shape index (κ1) is 17.0. The molecule has 0 aromatic carbocycles. The van der Waals surface area contributed by atoms with Gasteiger partial charge >= 0.3 is 0 Å². The Labute approximate surface area is 125 Å². The number of amides is 1. The molecule has 1 aromatic rings. The first-order valence-corrected chi connectivity index (χ1v) is 7.79. The second-order valence-corrected chi connectivity index (χ2v) is 7.00. The van der Waals surface area contributed by atoms with E-state index >= 15 is 0 Å². The summed E-state index contributed by atoms with van der Waals surface area (Å²) in [6.07, 6.45) is 1.65. The van der Waals surface area contributed by atoms with Crippen LogP contribution in [0.4, 0.5) is 0 Å². The van der Waals surface area contributed by atoms with Gasteiger partial charge in [-0.25, -0.2) is 0 Å². The van der Waals surface area contributed by atoms with E-state index in [9.17, 15) is 9.90 Å². The monoisotopic (exact) mass is 299 g/mol. The molecule has 1 aromatic heterocycles. The van der Waals surface area contributed by atoms with Crippen LogP contribution in [0.25, 0.3) is 0 Å². The van der Waals surface area contributed by atoms with Crippen LogP contribution in [-0.2, 0) is 5.41 Å². The summed E-state index contributed by atoms with van der Waals surface area (Å²) in [7, 11) is 0. The lowest BCUT2D eigenvalue weighted by Crippen LogP contribution is -2.39. The minimum absolute atomic E-state index is 0.0767. The van der Waals surface area contributed by atoms with Gasteiger partial charge in [-0.3, -0.25) is 4.79 Å². The summed E-state index contributed by atoms with van der Waals surface area (Å²) in [4.78, 5) is 12.9. The molecule has 2 N–H and O–H groups in total. The summed E-state index contributed by atoms with van der Waals surface area (Å²) in [5, 5.41) is 16.5. The number of rotatable bonds is 6. The molecular formula is C14H25N3O2S. The normalized spacial score (nSPS) is 12.5. The second kappa shape index (κ2) is 6.63.